The number of aliphatic imine (C=N–C) groups is 1. The summed E-state index contributed by atoms with van der Waals surface area (Å²) in [6.07, 6.45) is 6.99. The van der Waals surface area contributed by atoms with Crippen molar-refractivity contribution in [1.29, 1.82) is 0 Å². The van der Waals surface area contributed by atoms with Gasteiger partial charge in [-0.3, -0.25) is 4.99 Å². The smallest absolute Gasteiger partial charge is 0.260 e. The first-order valence-electron chi connectivity index (χ1n) is 7.06. The van der Waals surface area contributed by atoms with Crippen molar-refractivity contribution in [1.82, 2.24) is 0 Å². The summed E-state index contributed by atoms with van der Waals surface area (Å²) in [7, 11) is 0. The van der Waals surface area contributed by atoms with E-state index in [0.29, 0.717) is 5.92 Å². The fourth-order valence-electron chi connectivity index (χ4n) is 1.68. The number of allylic oxidation sites excluding steroid dienone is 6. The maximum Gasteiger partial charge on any atom is 0.286 e. The summed E-state index contributed by atoms with van der Waals surface area (Å²) in [6, 6.07) is 0. The van der Waals surface area contributed by atoms with Gasteiger partial charge in [-0.1, -0.05) is 38.5 Å². The predicted molar refractivity (Wildman–Crippen MR) is 84.4 cm³/mol. The predicted octanol–water partition coefficient (Wildman–Crippen LogP) is 5.80. The molecule has 0 radical (unpaired) electrons. The highest BCUT2D eigenvalue weighted by atomic mass is 19.3. The van der Waals surface area contributed by atoms with Crippen LogP contribution < -0.4 is 0 Å². The zero-order valence-corrected chi connectivity index (χ0v) is 13.7. The molecular weight excluding hydrogens is 256 g/mol. The average Bonchev–Trinajstić information content (AvgIpc) is 2.33. The summed E-state index contributed by atoms with van der Waals surface area (Å²) >= 11 is 0. The summed E-state index contributed by atoms with van der Waals surface area (Å²) in [6.45, 7) is 12.7. The van der Waals surface area contributed by atoms with Crippen LogP contribution in [-0.4, -0.2) is 12.1 Å². The van der Waals surface area contributed by atoms with Gasteiger partial charge in [-0.15, -0.1) is 0 Å². The number of hydrogen-bond donors (Lipinski definition) is 0. The SMILES string of the molecule is C/C=N\C(=C/C(C)C(/C=C(\C)C(C)C)=C\C)C(C)(F)F. The minimum atomic E-state index is -2.92. The van der Waals surface area contributed by atoms with E-state index in [-0.39, 0.29) is 11.6 Å². The number of alkyl halides is 2. The van der Waals surface area contributed by atoms with Crippen LogP contribution in [0.15, 0.2) is 40.1 Å². The monoisotopic (exact) mass is 283 g/mol. The highest BCUT2D eigenvalue weighted by Crippen LogP contribution is 2.28. The zero-order valence-electron chi connectivity index (χ0n) is 13.7. The lowest BCUT2D eigenvalue weighted by atomic mass is 9.94. The van der Waals surface area contributed by atoms with Crippen molar-refractivity contribution in [2.45, 2.75) is 54.4 Å². The lowest BCUT2D eigenvalue weighted by Crippen LogP contribution is -2.14. The largest absolute Gasteiger partial charge is 0.286 e. The molecule has 20 heavy (non-hydrogen) atoms. The second-order valence-electron chi connectivity index (χ2n) is 5.45. The topological polar surface area (TPSA) is 12.4 Å². The van der Waals surface area contributed by atoms with Crippen molar-refractivity contribution in [3.05, 3.63) is 35.1 Å². The third-order valence-electron chi connectivity index (χ3n) is 3.29. The molecular formula is C17H27F2N. The fraction of sp³-hybridized carbons (Fsp3) is 0.588. The van der Waals surface area contributed by atoms with Crippen LogP contribution in [0.1, 0.15) is 48.5 Å². The van der Waals surface area contributed by atoms with Crippen LogP contribution in [0.4, 0.5) is 8.78 Å². The molecule has 0 saturated carbocycles. The Morgan fingerprint density at radius 3 is 2.05 bits per heavy atom. The second kappa shape index (κ2) is 8.13. The molecule has 3 heteroatoms. The van der Waals surface area contributed by atoms with Gasteiger partial charge < -0.3 is 0 Å². The molecule has 0 amide bonds. The van der Waals surface area contributed by atoms with Gasteiger partial charge in [-0.2, -0.15) is 8.78 Å². The van der Waals surface area contributed by atoms with Crippen molar-refractivity contribution in [2.24, 2.45) is 16.8 Å². The van der Waals surface area contributed by atoms with Gasteiger partial charge in [0.15, 0.2) is 0 Å². The van der Waals surface area contributed by atoms with Crippen LogP contribution in [0.25, 0.3) is 0 Å². The molecule has 0 aromatic carbocycles. The molecule has 0 fully saturated rings. The Hall–Kier alpha value is -1.25. The van der Waals surface area contributed by atoms with E-state index < -0.39 is 5.92 Å². The van der Waals surface area contributed by atoms with E-state index in [1.807, 2.05) is 19.9 Å². The Bertz CT molecular complexity index is 421. The van der Waals surface area contributed by atoms with Crippen LogP contribution in [-0.2, 0) is 0 Å². The molecule has 0 aliphatic rings. The van der Waals surface area contributed by atoms with Crippen molar-refractivity contribution >= 4 is 6.21 Å². The lowest BCUT2D eigenvalue weighted by molar-refractivity contribution is 0.0616. The molecule has 114 valence electrons. The summed E-state index contributed by atoms with van der Waals surface area (Å²) in [4.78, 5) is 3.80. The Morgan fingerprint density at radius 1 is 1.15 bits per heavy atom. The van der Waals surface area contributed by atoms with Gasteiger partial charge in [0.25, 0.3) is 5.92 Å². The minimum Gasteiger partial charge on any atom is -0.260 e. The fourth-order valence-corrected chi connectivity index (χ4v) is 1.68. The van der Waals surface area contributed by atoms with Crippen molar-refractivity contribution in [3.8, 4) is 0 Å². The zero-order chi connectivity index (χ0) is 15.9. The molecule has 0 bridgehead atoms. The number of halogens is 2. The van der Waals surface area contributed by atoms with E-state index in [0.717, 1.165) is 12.5 Å². The Kier molecular flexibility index (Phi) is 7.62. The summed E-state index contributed by atoms with van der Waals surface area (Å²) in [5.41, 5.74) is 2.09. The third-order valence-corrected chi connectivity index (χ3v) is 3.29. The first kappa shape index (κ1) is 18.8. The highest BCUT2D eigenvalue weighted by molar-refractivity contribution is 5.55. The number of nitrogens with zero attached hydrogens (tertiary/aromatic N) is 1. The Morgan fingerprint density at radius 2 is 1.70 bits per heavy atom. The molecule has 0 aromatic heterocycles. The maximum atomic E-state index is 13.5. The molecule has 0 aliphatic heterocycles. The second-order valence-corrected chi connectivity index (χ2v) is 5.45. The van der Waals surface area contributed by atoms with E-state index in [9.17, 15) is 8.78 Å². The van der Waals surface area contributed by atoms with Gasteiger partial charge in [-0.25, -0.2) is 0 Å². The van der Waals surface area contributed by atoms with E-state index in [2.05, 4.69) is 31.8 Å². The molecule has 0 aromatic rings. The van der Waals surface area contributed by atoms with Crippen molar-refractivity contribution < 1.29 is 8.78 Å². The van der Waals surface area contributed by atoms with Crippen molar-refractivity contribution in [3.63, 3.8) is 0 Å². The Balaban J connectivity index is 5.41. The van der Waals surface area contributed by atoms with Crippen LogP contribution in [0.5, 0.6) is 0 Å². The van der Waals surface area contributed by atoms with Gasteiger partial charge in [0.1, 0.15) is 5.70 Å². The van der Waals surface area contributed by atoms with Gasteiger partial charge in [-0.05, 0) is 38.3 Å². The molecule has 0 aliphatic carbocycles. The van der Waals surface area contributed by atoms with Crippen LogP contribution in [0.3, 0.4) is 0 Å². The van der Waals surface area contributed by atoms with Gasteiger partial charge in [0.05, 0.1) is 0 Å². The summed E-state index contributed by atoms with van der Waals surface area (Å²) in [5.74, 6) is -2.57. The molecule has 0 saturated heterocycles. The Labute approximate surface area is 122 Å². The minimum absolute atomic E-state index is 0.0989. The molecule has 1 atom stereocenters. The molecule has 1 nitrogen and oxygen atoms in total. The van der Waals surface area contributed by atoms with Crippen LogP contribution >= 0.6 is 0 Å². The average molecular weight is 283 g/mol. The highest BCUT2D eigenvalue weighted by Gasteiger charge is 2.27. The van der Waals surface area contributed by atoms with E-state index >= 15 is 0 Å². The summed E-state index contributed by atoms with van der Waals surface area (Å²) < 4.78 is 27.0. The maximum absolute atomic E-state index is 13.5. The first-order valence-corrected chi connectivity index (χ1v) is 7.06. The van der Waals surface area contributed by atoms with Crippen molar-refractivity contribution in [2.75, 3.05) is 0 Å². The standard InChI is InChI=1S/C17H27F2N/c1-8-15(10-13(5)12(3)4)14(6)11-16(20-9-2)17(7,18)19/h8-12,14H,1-7H3/b13-10+,15-8-,16-11-,20-9-. The quantitative estimate of drug-likeness (QED) is 0.431. The van der Waals surface area contributed by atoms with E-state index in [1.54, 1.807) is 13.0 Å². The molecule has 0 rings (SSSR count). The number of rotatable bonds is 6. The van der Waals surface area contributed by atoms with Gasteiger partial charge in [0, 0.05) is 19.1 Å². The van der Waals surface area contributed by atoms with E-state index in [4.69, 9.17) is 0 Å². The summed E-state index contributed by atoms with van der Waals surface area (Å²) in [5, 5.41) is 0. The molecule has 0 N–H and O–H groups in total. The van der Waals surface area contributed by atoms with E-state index in [1.165, 1.54) is 11.8 Å². The van der Waals surface area contributed by atoms with Crippen LogP contribution in [0, 0.1) is 11.8 Å². The number of hydrogen-bond acceptors (Lipinski definition) is 1. The van der Waals surface area contributed by atoms with Gasteiger partial charge in [0.2, 0.25) is 0 Å². The molecule has 0 heterocycles. The van der Waals surface area contributed by atoms with Gasteiger partial charge >= 0.3 is 0 Å². The molecule has 0 spiro atoms. The third kappa shape index (κ3) is 6.27. The first-order chi connectivity index (χ1) is 9.13. The van der Waals surface area contributed by atoms with Crippen LogP contribution in [0.2, 0.25) is 0 Å². The lowest BCUT2D eigenvalue weighted by Gasteiger charge is -2.16. The normalized spacial score (nSPS) is 17.2. The molecule has 1 unspecified atom stereocenters.